The van der Waals surface area contributed by atoms with Gasteiger partial charge in [0.1, 0.15) is 6.42 Å². The summed E-state index contributed by atoms with van der Waals surface area (Å²) in [5, 5.41) is 3.89. The first kappa shape index (κ1) is 14.2. The summed E-state index contributed by atoms with van der Waals surface area (Å²) in [6, 6.07) is 0. The largest absolute Gasteiger partial charge is 0.354 e. The lowest BCUT2D eigenvalue weighted by molar-refractivity contribution is 0.0778. The van der Waals surface area contributed by atoms with Crippen molar-refractivity contribution in [3.05, 3.63) is 41.9 Å². The minimum absolute atomic E-state index is 0.353. The summed E-state index contributed by atoms with van der Waals surface area (Å²) < 4.78 is 1.98. The van der Waals surface area contributed by atoms with Crippen LogP contribution in [0.5, 0.6) is 0 Å². The minimum atomic E-state index is -1.04. The number of rotatable bonds is 2. The number of nitrogens with zero attached hydrogens (tertiary/aromatic N) is 4. The maximum absolute atomic E-state index is 11.8. The smallest absolute Gasteiger partial charge is 0.272 e. The molecular weight excluding hydrogens is 288 g/mol. The van der Waals surface area contributed by atoms with Gasteiger partial charge in [-0.1, -0.05) is 0 Å². The lowest BCUT2D eigenvalue weighted by Gasteiger charge is -1.99. The third-order valence-electron chi connectivity index (χ3n) is 2.78. The molecule has 0 radical (unpaired) electrons. The van der Waals surface area contributed by atoms with Gasteiger partial charge in [0.25, 0.3) is 11.8 Å². The van der Waals surface area contributed by atoms with E-state index in [1.165, 1.54) is 0 Å². The molecule has 0 aromatic carbocycles. The van der Waals surface area contributed by atoms with Gasteiger partial charge in [0.15, 0.2) is 0 Å². The first-order valence-corrected chi connectivity index (χ1v) is 5.56. The average Bonchev–Trinajstić information content (AvgIpc) is 2.84. The van der Waals surface area contributed by atoms with E-state index in [1.807, 2.05) is 10.2 Å². The Balaban J connectivity index is 2.33. The van der Waals surface area contributed by atoms with E-state index >= 15 is 0 Å². The monoisotopic (exact) mass is 298 g/mol. The van der Waals surface area contributed by atoms with Crippen molar-refractivity contribution in [3.63, 3.8) is 0 Å². The van der Waals surface area contributed by atoms with Crippen LogP contribution in [-0.2, 0) is 14.1 Å². The molecule has 0 atom stereocenters. The van der Waals surface area contributed by atoms with Gasteiger partial charge in [0.05, 0.1) is 0 Å². The van der Waals surface area contributed by atoms with Gasteiger partial charge in [-0.05, 0) is 0 Å². The van der Waals surface area contributed by atoms with Crippen molar-refractivity contribution in [2.75, 3.05) is 0 Å². The van der Waals surface area contributed by atoms with Gasteiger partial charge in [0, 0.05) is 14.1 Å². The van der Waals surface area contributed by atoms with Crippen molar-refractivity contribution in [2.45, 2.75) is 6.42 Å². The van der Waals surface area contributed by atoms with Crippen LogP contribution in [0.25, 0.3) is 0 Å². The zero-order valence-corrected chi connectivity index (χ0v) is 10.9. The molecule has 0 saturated heterocycles. The molecule has 0 saturated carbocycles. The molecule has 0 bridgehead atoms. The molecule has 2 N–H and O–H groups in total. The highest BCUT2D eigenvalue weighted by atomic mass is 16.2. The molecular formula is C9H10N6O6. The second-order valence-electron chi connectivity index (χ2n) is 4.15. The predicted molar refractivity (Wildman–Crippen MR) is 66.5 cm³/mol. The lowest BCUT2D eigenvalue weighted by atomic mass is 10.4. The number of carbonyl (C=O) groups excluding carboxylic acids is 2. The highest BCUT2D eigenvalue weighted by molar-refractivity contribution is 5.98. The van der Waals surface area contributed by atoms with Crippen molar-refractivity contribution < 1.29 is 9.59 Å². The van der Waals surface area contributed by atoms with Crippen LogP contribution in [0.1, 0.15) is 16.0 Å². The Morgan fingerprint density at radius 2 is 1.14 bits per heavy atom. The Bertz CT molecular complexity index is 880. The van der Waals surface area contributed by atoms with Crippen LogP contribution in [0.15, 0.2) is 19.2 Å². The Morgan fingerprint density at radius 3 is 1.38 bits per heavy atom. The van der Waals surface area contributed by atoms with Crippen molar-refractivity contribution in [3.8, 4) is 0 Å². The predicted octanol–water partition coefficient (Wildman–Crippen LogP) is -3.57. The van der Waals surface area contributed by atoms with Crippen LogP contribution >= 0.6 is 0 Å². The number of H-pyrrole nitrogens is 2. The Labute approximate surface area is 113 Å². The molecule has 2 aromatic heterocycles. The van der Waals surface area contributed by atoms with Crippen molar-refractivity contribution in [1.82, 2.24) is 28.7 Å². The van der Waals surface area contributed by atoms with Crippen molar-refractivity contribution in [1.29, 1.82) is 0 Å². The molecule has 2 heterocycles. The lowest BCUT2D eigenvalue weighted by Crippen LogP contribution is -2.34. The highest BCUT2D eigenvalue weighted by Gasteiger charge is 2.20. The fourth-order valence-corrected chi connectivity index (χ4v) is 1.54. The van der Waals surface area contributed by atoms with Crippen molar-refractivity contribution >= 4 is 11.8 Å². The van der Waals surface area contributed by atoms with Crippen LogP contribution in [0.2, 0.25) is 0 Å². The van der Waals surface area contributed by atoms with E-state index in [2.05, 4.69) is 0 Å². The molecule has 112 valence electrons. The molecule has 0 fully saturated rings. The second kappa shape index (κ2) is 4.73. The summed E-state index contributed by atoms with van der Waals surface area (Å²) in [6.45, 7) is 0. The third-order valence-corrected chi connectivity index (χ3v) is 2.78. The van der Waals surface area contributed by atoms with Crippen LogP contribution < -0.4 is 22.8 Å². The molecule has 0 aliphatic carbocycles. The van der Waals surface area contributed by atoms with Gasteiger partial charge in [-0.3, -0.25) is 9.59 Å². The molecule has 2 aromatic rings. The molecule has 0 amide bonds. The number of hydrogen-bond acceptors (Lipinski definition) is 6. The van der Waals surface area contributed by atoms with Crippen molar-refractivity contribution in [2.24, 2.45) is 14.1 Å². The summed E-state index contributed by atoms with van der Waals surface area (Å²) in [4.78, 5) is 68.9. The summed E-state index contributed by atoms with van der Waals surface area (Å²) in [7, 11) is 2.29. The van der Waals surface area contributed by atoms with E-state index in [-0.39, 0.29) is 0 Å². The Kier molecular flexibility index (Phi) is 3.21. The fourth-order valence-electron chi connectivity index (χ4n) is 1.54. The zero-order chi connectivity index (χ0) is 15.9. The Hall–Kier alpha value is -3.18. The SMILES string of the molecule is Cn1c(=O)[nH]n(C(=O)CC(=O)n2[nH]c(=O)n(C)c2=O)c1=O. The van der Waals surface area contributed by atoms with Gasteiger partial charge in [0.2, 0.25) is 0 Å². The van der Waals surface area contributed by atoms with E-state index in [9.17, 15) is 28.8 Å². The molecule has 12 nitrogen and oxygen atoms in total. The number of hydrogen-bond donors (Lipinski definition) is 2. The summed E-state index contributed by atoms with van der Waals surface area (Å²) in [5.41, 5.74) is -3.56. The van der Waals surface area contributed by atoms with Gasteiger partial charge >= 0.3 is 22.8 Å². The second-order valence-corrected chi connectivity index (χ2v) is 4.15. The quantitative estimate of drug-likeness (QED) is 0.547. The topological polar surface area (TPSA) is 154 Å². The van der Waals surface area contributed by atoms with Crippen LogP contribution in [0.4, 0.5) is 0 Å². The summed E-state index contributed by atoms with van der Waals surface area (Å²) >= 11 is 0. The first-order chi connectivity index (χ1) is 9.73. The normalized spacial score (nSPS) is 10.8. The fraction of sp³-hybridized carbons (Fsp3) is 0.333. The third kappa shape index (κ3) is 2.22. The molecule has 21 heavy (non-hydrogen) atoms. The molecule has 0 aliphatic rings. The number of nitrogens with one attached hydrogen (secondary N) is 2. The summed E-state index contributed by atoms with van der Waals surface area (Å²) in [6.07, 6.45) is -0.889. The molecule has 0 unspecified atom stereocenters. The van der Waals surface area contributed by atoms with Crippen LogP contribution in [0.3, 0.4) is 0 Å². The zero-order valence-electron chi connectivity index (χ0n) is 10.9. The molecule has 2 rings (SSSR count). The van der Waals surface area contributed by atoms with Gasteiger partial charge in [-0.2, -0.15) is 9.36 Å². The minimum Gasteiger partial charge on any atom is -0.272 e. The standard InChI is InChI=1S/C9H10N6O6/c1-12-6(18)10-14(8(12)20)4(16)3-5(17)15-9(21)13(2)7(19)11-15/h3H2,1-2H3,(H,10,18)(H,11,19). The van der Waals surface area contributed by atoms with E-state index < -0.39 is 41.0 Å². The van der Waals surface area contributed by atoms with E-state index in [0.717, 1.165) is 14.1 Å². The number of carbonyl (C=O) groups is 2. The summed E-state index contributed by atoms with van der Waals surface area (Å²) in [5.74, 6) is -2.08. The van der Waals surface area contributed by atoms with E-state index in [0.29, 0.717) is 18.5 Å². The van der Waals surface area contributed by atoms with Gasteiger partial charge in [-0.15, -0.1) is 0 Å². The Morgan fingerprint density at radius 1 is 0.810 bits per heavy atom. The maximum atomic E-state index is 11.8. The van der Waals surface area contributed by atoms with Crippen LogP contribution in [0, 0.1) is 0 Å². The van der Waals surface area contributed by atoms with E-state index in [1.54, 1.807) is 0 Å². The van der Waals surface area contributed by atoms with Crippen LogP contribution in [-0.4, -0.2) is 40.5 Å². The number of aromatic nitrogens is 6. The van der Waals surface area contributed by atoms with Gasteiger partial charge in [-0.25, -0.2) is 38.5 Å². The first-order valence-electron chi connectivity index (χ1n) is 5.56. The molecule has 0 aliphatic heterocycles. The highest BCUT2D eigenvalue weighted by Crippen LogP contribution is 1.88. The average molecular weight is 298 g/mol. The van der Waals surface area contributed by atoms with Gasteiger partial charge < -0.3 is 0 Å². The number of aromatic amines is 2. The maximum Gasteiger partial charge on any atom is 0.354 e. The molecule has 12 heteroatoms. The van der Waals surface area contributed by atoms with E-state index in [4.69, 9.17) is 0 Å². The molecule has 0 spiro atoms.